The molecule has 0 aliphatic rings. The van der Waals surface area contributed by atoms with Crippen LogP contribution in [0.1, 0.15) is 12.5 Å². The molecule has 1 heterocycles. The minimum atomic E-state index is -1.06. The first-order valence-electron chi connectivity index (χ1n) is 3.89. The third-order valence-corrected chi connectivity index (χ3v) is 1.51. The summed E-state index contributed by atoms with van der Waals surface area (Å²) >= 11 is 0. The largest absolute Gasteiger partial charge is 0.479 e. The number of pyridine rings is 1. The monoisotopic (exact) mass is 192 g/mol. The van der Waals surface area contributed by atoms with Gasteiger partial charge in [0.2, 0.25) is 5.88 Å². The van der Waals surface area contributed by atoms with Gasteiger partial charge in [0, 0.05) is 12.3 Å². The molecule has 5 nitrogen and oxygen atoms in total. The number of carboxylic acids is 1. The van der Waals surface area contributed by atoms with E-state index in [9.17, 15) is 4.79 Å². The minimum Gasteiger partial charge on any atom is -0.479 e. The Balaban J connectivity index is 2.70. The van der Waals surface area contributed by atoms with Gasteiger partial charge in [0.05, 0.1) is 5.56 Å². The zero-order chi connectivity index (χ0) is 10.6. The van der Waals surface area contributed by atoms with Crippen molar-refractivity contribution in [2.45, 2.75) is 13.0 Å². The maximum Gasteiger partial charge on any atom is 0.344 e. The molecule has 0 aromatic carbocycles. The van der Waals surface area contributed by atoms with Crippen molar-refractivity contribution in [1.29, 1.82) is 5.26 Å². The van der Waals surface area contributed by atoms with Crippen LogP contribution in [0.25, 0.3) is 0 Å². The van der Waals surface area contributed by atoms with Gasteiger partial charge in [-0.3, -0.25) is 0 Å². The van der Waals surface area contributed by atoms with Crippen LogP contribution in [0.5, 0.6) is 5.88 Å². The van der Waals surface area contributed by atoms with Crippen LogP contribution in [0.2, 0.25) is 0 Å². The van der Waals surface area contributed by atoms with Gasteiger partial charge in [0.1, 0.15) is 6.07 Å². The minimum absolute atomic E-state index is 0.193. The van der Waals surface area contributed by atoms with E-state index in [4.69, 9.17) is 15.1 Å². The molecule has 0 radical (unpaired) electrons. The lowest BCUT2D eigenvalue weighted by molar-refractivity contribution is -0.144. The van der Waals surface area contributed by atoms with Crippen LogP contribution in [0.15, 0.2) is 18.3 Å². The average molecular weight is 192 g/mol. The number of aliphatic carboxylic acids is 1. The van der Waals surface area contributed by atoms with E-state index in [0.29, 0.717) is 5.56 Å². The zero-order valence-electron chi connectivity index (χ0n) is 7.47. The third-order valence-electron chi connectivity index (χ3n) is 1.51. The fourth-order valence-electron chi connectivity index (χ4n) is 0.748. The van der Waals surface area contributed by atoms with Crippen LogP contribution in [0.3, 0.4) is 0 Å². The second-order valence-corrected chi connectivity index (χ2v) is 2.60. The number of hydrogen-bond acceptors (Lipinski definition) is 4. The molecular formula is C9H8N2O3. The van der Waals surface area contributed by atoms with Gasteiger partial charge in [-0.15, -0.1) is 0 Å². The van der Waals surface area contributed by atoms with Gasteiger partial charge in [-0.2, -0.15) is 5.26 Å². The third kappa shape index (κ3) is 2.45. The summed E-state index contributed by atoms with van der Waals surface area (Å²) in [5.41, 5.74) is 0.403. The molecule has 1 rings (SSSR count). The smallest absolute Gasteiger partial charge is 0.344 e. The van der Waals surface area contributed by atoms with E-state index in [2.05, 4.69) is 4.98 Å². The summed E-state index contributed by atoms with van der Waals surface area (Å²) < 4.78 is 4.96. The Hall–Kier alpha value is -2.09. The number of hydrogen-bond donors (Lipinski definition) is 1. The Kier molecular flexibility index (Phi) is 3.02. The molecule has 0 saturated carbocycles. The van der Waals surface area contributed by atoms with Crippen LogP contribution in [-0.2, 0) is 4.79 Å². The highest BCUT2D eigenvalue weighted by atomic mass is 16.5. The molecule has 0 fully saturated rings. The zero-order valence-corrected chi connectivity index (χ0v) is 7.47. The number of nitrogens with zero attached hydrogens (tertiary/aromatic N) is 2. The lowest BCUT2D eigenvalue weighted by Gasteiger charge is -2.08. The molecule has 14 heavy (non-hydrogen) atoms. The predicted octanol–water partition coefficient (Wildman–Crippen LogP) is 0.805. The molecule has 0 aliphatic carbocycles. The Morgan fingerprint density at radius 1 is 1.71 bits per heavy atom. The van der Waals surface area contributed by atoms with Crippen LogP contribution < -0.4 is 4.74 Å². The molecule has 1 aromatic heterocycles. The molecule has 1 unspecified atom stereocenters. The maximum atomic E-state index is 10.4. The SMILES string of the molecule is CC(Oc1ccc(C#N)cn1)C(=O)O. The van der Waals surface area contributed by atoms with E-state index in [1.54, 1.807) is 0 Å². The van der Waals surface area contributed by atoms with Crippen molar-refractivity contribution in [3.8, 4) is 11.9 Å². The molecule has 1 N–H and O–H groups in total. The second-order valence-electron chi connectivity index (χ2n) is 2.60. The predicted molar refractivity (Wildman–Crippen MR) is 46.7 cm³/mol. The molecule has 5 heteroatoms. The van der Waals surface area contributed by atoms with Gasteiger partial charge in [0.15, 0.2) is 6.10 Å². The van der Waals surface area contributed by atoms with E-state index in [-0.39, 0.29) is 5.88 Å². The van der Waals surface area contributed by atoms with Crippen molar-refractivity contribution >= 4 is 5.97 Å². The standard InChI is InChI=1S/C9H8N2O3/c1-6(9(12)13)14-8-3-2-7(4-10)5-11-8/h2-3,5-6H,1H3,(H,12,13). The van der Waals surface area contributed by atoms with Crippen LogP contribution >= 0.6 is 0 Å². The summed E-state index contributed by atoms with van der Waals surface area (Å²) in [5.74, 6) is -0.866. The highest BCUT2D eigenvalue weighted by Gasteiger charge is 2.12. The van der Waals surface area contributed by atoms with Crippen LogP contribution in [0.4, 0.5) is 0 Å². The second kappa shape index (κ2) is 4.23. The highest BCUT2D eigenvalue weighted by molar-refractivity contribution is 5.72. The first-order valence-corrected chi connectivity index (χ1v) is 3.89. The van der Waals surface area contributed by atoms with E-state index in [1.807, 2.05) is 6.07 Å². The van der Waals surface area contributed by atoms with Crippen molar-refractivity contribution in [3.05, 3.63) is 23.9 Å². The summed E-state index contributed by atoms with van der Waals surface area (Å²) in [5, 5.41) is 17.0. The highest BCUT2D eigenvalue weighted by Crippen LogP contribution is 2.08. The van der Waals surface area contributed by atoms with E-state index in [0.717, 1.165) is 0 Å². The average Bonchev–Trinajstić information content (AvgIpc) is 2.19. The van der Waals surface area contributed by atoms with E-state index < -0.39 is 12.1 Å². The summed E-state index contributed by atoms with van der Waals surface area (Å²) in [6, 6.07) is 4.86. The van der Waals surface area contributed by atoms with Crippen molar-refractivity contribution in [3.63, 3.8) is 0 Å². The Bertz CT molecular complexity index is 367. The summed E-state index contributed by atoms with van der Waals surface area (Å²) in [6.45, 7) is 1.40. The quantitative estimate of drug-likeness (QED) is 0.765. The molecule has 1 atom stereocenters. The van der Waals surface area contributed by atoms with Crippen molar-refractivity contribution in [2.75, 3.05) is 0 Å². The van der Waals surface area contributed by atoms with Gasteiger partial charge < -0.3 is 9.84 Å². The molecule has 0 bridgehead atoms. The molecule has 0 amide bonds. The fraction of sp³-hybridized carbons (Fsp3) is 0.222. The Morgan fingerprint density at radius 2 is 2.43 bits per heavy atom. The van der Waals surface area contributed by atoms with Crippen LogP contribution in [0, 0.1) is 11.3 Å². The molecule has 0 saturated heterocycles. The summed E-state index contributed by atoms with van der Waals surface area (Å²) in [6.07, 6.45) is 0.375. The lowest BCUT2D eigenvalue weighted by Crippen LogP contribution is -2.23. The maximum absolute atomic E-state index is 10.4. The fourth-order valence-corrected chi connectivity index (χ4v) is 0.748. The summed E-state index contributed by atoms with van der Waals surface area (Å²) in [4.78, 5) is 14.2. The lowest BCUT2D eigenvalue weighted by atomic mass is 10.3. The first kappa shape index (κ1) is 9.99. The number of carboxylic acid groups (broad SMARTS) is 1. The number of ether oxygens (including phenoxy) is 1. The van der Waals surface area contributed by atoms with Crippen molar-refractivity contribution in [2.24, 2.45) is 0 Å². The van der Waals surface area contributed by atoms with Gasteiger partial charge >= 0.3 is 5.97 Å². The topological polar surface area (TPSA) is 83.2 Å². The van der Waals surface area contributed by atoms with Gasteiger partial charge in [-0.1, -0.05) is 0 Å². The van der Waals surface area contributed by atoms with Gasteiger partial charge in [-0.25, -0.2) is 9.78 Å². The number of nitriles is 1. The summed E-state index contributed by atoms with van der Waals surface area (Å²) in [7, 11) is 0. The number of aromatic nitrogens is 1. The van der Waals surface area contributed by atoms with Gasteiger partial charge in [-0.05, 0) is 13.0 Å². The first-order chi connectivity index (χ1) is 6.63. The van der Waals surface area contributed by atoms with Gasteiger partial charge in [0.25, 0.3) is 0 Å². The normalized spacial score (nSPS) is 11.4. The number of rotatable bonds is 3. The Labute approximate surface area is 80.6 Å². The van der Waals surface area contributed by atoms with E-state index in [1.165, 1.54) is 25.3 Å². The Morgan fingerprint density at radius 3 is 2.86 bits per heavy atom. The molecule has 1 aromatic rings. The van der Waals surface area contributed by atoms with Crippen molar-refractivity contribution in [1.82, 2.24) is 4.98 Å². The van der Waals surface area contributed by atoms with Crippen molar-refractivity contribution < 1.29 is 14.6 Å². The number of carbonyl (C=O) groups is 1. The van der Waals surface area contributed by atoms with E-state index >= 15 is 0 Å². The van der Waals surface area contributed by atoms with Crippen LogP contribution in [-0.4, -0.2) is 22.2 Å². The molecule has 72 valence electrons. The molecular weight excluding hydrogens is 184 g/mol. The molecule has 0 spiro atoms. The molecule has 0 aliphatic heterocycles.